The number of carbonyl (C=O) groups is 3. The monoisotopic (exact) mass is 383 g/mol. The molecule has 2 atom stereocenters. The summed E-state index contributed by atoms with van der Waals surface area (Å²) < 4.78 is 15.0. The fraction of sp³-hybridized carbons (Fsp3) is 0.500. The lowest BCUT2D eigenvalue weighted by Crippen LogP contribution is -2.46. The lowest BCUT2D eigenvalue weighted by Gasteiger charge is -2.21. The number of epoxide rings is 1. The summed E-state index contributed by atoms with van der Waals surface area (Å²) in [6.07, 6.45) is -0.720. The van der Waals surface area contributed by atoms with Crippen LogP contribution in [0.2, 0.25) is 0 Å². The van der Waals surface area contributed by atoms with Crippen molar-refractivity contribution >= 4 is 18.0 Å². The number of alkyl carbamates (subject to hydrolysis) is 1. The maximum atomic E-state index is 11.4. The molecule has 27 heavy (non-hydrogen) atoms. The summed E-state index contributed by atoms with van der Waals surface area (Å²) >= 11 is 0. The highest BCUT2D eigenvalue weighted by atomic mass is 16.6. The van der Waals surface area contributed by atoms with E-state index in [2.05, 4.69) is 5.32 Å². The van der Waals surface area contributed by atoms with E-state index in [1.165, 1.54) is 0 Å². The van der Waals surface area contributed by atoms with Crippen LogP contribution in [-0.4, -0.2) is 65.8 Å². The molecule has 1 amide bonds. The number of carbonyl (C=O) groups excluding carboxylic acids is 1. The summed E-state index contributed by atoms with van der Waals surface area (Å²) in [5.41, 5.74) is -0.340. The SMILES string of the molecule is CC(C)(C)OC(=O)N[C@@H](COCC1CO1)C(=O)O.O=C(O)c1ccccc1. The molecule has 0 bridgehead atoms. The van der Waals surface area contributed by atoms with Crippen molar-refractivity contribution in [3.8, 4) is 0 Å². The molecule has 0 aromatic heterocycles. The predicted molar refractivity (Wildman–Crippen MR) is 94.8 cm³/mol. The topological polar surface area (TPSA) is 135 Å². The van der Waals surface area contributed by atoms with Gasteiger partial charge in [-0.2, -0.15) is 0 Å². The molecular formula is C18H25NO8. The van der Waals surface area contributed by atoms with Gasteiger partial charge in [-0.05, 0) is 32.9 Å². The minimum atomic E-state index is -1.17. The van der Waals surface area contributed by atoms with Crippen molar-refractivity contribution in [2.24, 2.45) is 0 Å². The van der Waals surface area contributed by atoms with Crippen LogP contribution < -0.4 is 5.32 Å². The number of benzene rings is 1. The standard InChI is InChI=1S/C11H19NO6.C7H6O2/c1-11(2,3)18-10(15)12-8(9(13)14)6-16-4-7-5-17-7;8-7(9)6-4-2-1-3-5-6/h7-8H,4-6H2,1-3H3,(H,12,15)(H,13,14);1-5H,(H,8,9)/t7?,8-;/m0./s1. The van der Waals surface area contributed by atoms with Gasteiger partial charge in [-0.1, -0.05) is 18.2 Å². The third-order valence-electron chi connectivity index (χ3n) is 3.00. The molecule has 1 heterocycles. The number of rotatable bonds is 7. The van der Waals surface area contributed by atoms with Crippen LogP contribution in [-0.2, 0) is 19.0 Å². The number of nitrogens with one attached hydrogen (secondary N) is 1. The van der Waals surface area contributed by atoms with Crippen LogP contribution in [0.15, 0.2) is 30.3 Å². The summed E-state index contributed by atoms with van der Waals surface area (Å²) in [7, 11) is 0. The van der Waals surface area contributed by atoms with Gasteiger partial charge in [0, 0.05) is 0 Å². The lowest BCUT2D eigenvalue weighted by molar-refractivity contribution is -0.141. The van der Waals surface area contributed by atoms with Crippen LogP contribution in [0.1, 0.15) is 31.1 Å². The fourth-order valence-electron chi connectivity index (χ4n) is 1.69. The van der Waals surface area contributed by atoms with E-state index in [1.807, 2.05) is 0 Å². The first-order valence-electron chi connectivity index (χ1n) is 8.28. The quantitative estimate of drug-likeness (QED) is 0.606. The van der Waals surface area contributed by atoms with Crippen LogP contribution in [0, 0.1) is 0 Å². The minimum Gasteiger partial charge on any atom is -0.480 e. The van der Waals surface area contributed by atoms with Gasteiger partial charge in [-0.3, -0.25) is 0 Å². The number of hydrogen-bond acceptors (Lipinski definition) is 6. The highest BCUT2D eigenvalue weighted by molar-refractivity contribution is 5.87. The van der Waals surface area contributed by atoms with Crippen molar-refractivity contribution < 1.29 is 38.8 Å². The Labute approximate surface area is 157 Å². The molecule has 9 nitrogen and oxygen atoms in total. The smallest absolute Gasteiger partial charge is 0.408 e. The second-order valence-corrected chi connectivity index (χ2v) is 6.70. The largest absolute Gasteiger partial charge is 0.480 e. The number of ether oxygens (including phenoxy) is 3. The van der Waals surface area contributed by atoms with Gasteiger partial charge in [0.25, 0.3) is 0 Å². The molecule has 1 fully saturated rings. The molecule has 0 aliphatic carbocycles. The lowest BCUT2D eigenvalue weighted by atomic mass is 10.2. The van der Waals surface area contributed by atoms with E-state index in [-0.39, 0.29) is 12.7 Å². The Kier molecular flexibility index (Phi) is 8.70. The average Bonchev–Trinajstić information content (AvgIpc) is 3.38. The molecule has 150 valence electrons. The van der Waals surface area contributed by atoms with Gasteiger partial charge in [-0.25, -0.2) is 14.4 Å². The van der Waals surface area contributed by atoms with Crippen LogP contribution in [0.25, 0.3) is 0 Å². The maximum absolute atomic E-state index is 11.4. The molecule has 1 saturated heterocycles. The molecule has 1 aromatic rings. The number of carboxylic acid groups (broad SMARTS) is 2. The Bertz CT molecular complexity index is 622. The summed E-state index contributed by atoms with van der Waals surface area (Å²) in [4.78, 5) is 32.5. The van der Waals surface area contributed by atoms with Gasteiger partial charge in [0.1, 0.15) is 11.7 Å². The zero-order valence-corrected chi connectivity index (χ0v) is 15.5. The summed E-state index contributed by atoms with van der Waals surface area (Å²) in [5.74, 6) is -2.05. The van der Waals surface area contributed by atoms with Gasteiger partial charge >= 0.3 is 18.0 Å². The van der Waals surface area contributed by atoms with E-state index in [0.717, 1.165) is 0 Å². The summed E-state index contributed by atoms with van der Waals surface area (Å²) in [6.45, 7) is 5.95. The van der Waals surface area contributed by atoms with Crippen LogP contribution in [0.5, 0.6) is 0 Å². The molecule has 0 saturated carbocycles. The second kappa shape index (κ2) is 10.5. The van der Waals surface area contributed by atoms with Crippen molar-refractivity contribution in [2.45, 2.75) is 38.5 Å². The van der Waals surface area contributed by atoms with Crippen molar-refractivity contribution in [1.82, 2.24) is 5.32 Å². The minimum absolute atomic E-state index is 0.0565. The molecular weight excluding hydrogens is 358 g/mol. The summed E-state index contributed by atoms with van der Waals surface area (Å²) in [6, 6.07) is 7.17. The highest BCUT2D eigenvalue weighted by Crippen LogP contribution is 2.09. The van der Waals surface area contributed by atoms with E-state index in [4.69, 9.17) is 24.4 Å². The van der Waals surface area contributed by atoms with E-state index in [9.17, 15) is 14.4 Å². The molecule has 9 heteroatoms. The van der Waals surface area contributed by atoms with E-state index < -0.39 is 29.7 Å². The third kappa shape index (κ3) is 10.8. The maximum Gasteiger partial charge on any atom is 0.408 e. The fourth-order valence-corrected chi connectivity index (χ4v) is 1.69. The zero-order chi connectivity index (χ0) is 20.4. The first kappa shape index (κ1) is 22.4. The van der Waals surface area contributed by atoms with Gasteiger partial charge in [0.05, 0.1) is 25.4 Å². The van der Waals surface area contributed by atoms with Crippen molar-refractivity contribution in [3.05, 3.63) is 35.9 Å². The van der Waals surface area contributed by atoms with Crippen molar-refractivity contribution in [3.63, 3.8) is 0 Å². The molecule has 1 aliphatic rings. The number of aliphatic carboxylic acids is 1. The summed E-state index contributed by atoms with van der Waals surface area (Å²) in [5, 5.41) is 19.5. The van der Waals surface area contributed by atoms with Crippen molar-refractivity contribution in [1.29, 1.82) is 0 Å². The number of amides is 1. The molecule has 3 N–H and O–H groups in total. The molecule has 0 radical (unpaired) electrons. The predicted octanol–water partition coefficient (Wildman–Crippen LogP) is 1.76. The molecule has 1 aliphatic heterocycles. The van der Waals surface area contributed by atoms with Gasteiger partial charge in [0.2, 0.25) is 0 Å². The Hall–Kier alpha value is -2.65. The van der Waals surface area contributed by atoms with Gasteiger partial charge in [0.15, 0.2) is 6.04 Å². The van der Waals surface area contributed by atoms with Crippen LogP contribution in [0.3, 0.4) is 0 Å². The average molecular weight is 383 g/mol. The van der Waals surface area contributed by atoms with Gasteiger partial charge < -0.3 is 29.7 Å². The first-order chi connectivity index (χ1) is 12.6. The van der Waals surface area contributed by atoms with Crippen molar-refractivity contribution in [2.75, 3.05) is 19.8 Å². The Balaban J connectivity index is 0.000000337. The third-order valence-corrected chi connectivity index (χ3v) is 3.00. The Morgan fingerprint density at radius 3 is 2.22 bits per heavy atom. The first-order valence-corrected chi connectivity index (χ1v) is 8.28. The molecule has 0 spiro atoms. The van der Waals surface area contributed by atoms with E-state index >= 15 is 0 Å². The van der Waals surface area contributed by atoms with Crippen LogP contribution in [0.4, 0.5) is 4.79 Å². The van der Waals surface area contributed by atoms with E-state index in [1.54, 1.807) is 51.1 Å². The number of hydrogen-bond donors (Lipinski definition) is 3. The van der Waals surface area contributed by atoms with Gasteiger partial charge in [-0.15, -0.1) is 0 Å². The second-order valence-electron chi connectivity index (χ2n) is 6.70. The molecule has 1 unspecified atom stereocenters. The van der Waals surface area contributed by atoms with E-state index in [0.29, 0.717) is 18.8 Å². The highest BCUT2D eigenvalue weighted by Gasteiger charge is 2.26. The molecule has 1 aromatic carbocycles. The number of aromatic carboxylic acids is 1. The molecule has 2 rings (SSSR count). The zero-order valence-electron chi connectivity index (χ0n) is 15.5. The van der Waals surface area contributed by atoms with Crippen LogP contribution >= 0.6 is 0 Å². The Morgan fingerprint density at radius 2 is 1.81 bits per heavy atom. The Morgan fingerprint density at radius 1 is 1.22 bits per heavy atom. The number of carboxylic acids is 2. The normalized spacial score (nSPS) is 16.3.